The molecule has 6 rings (SSSR count). The van der Waals surface area contributed by atoms with E-state index in [9.17, 15) is 0 Å². The molecule has 240 valence electrons. The van der Waals surface area contributed by atoms with Crippen molar-refractivity contribution >= 4 is 0 Å². The molecule has 1 nitrogen and oxygen atoms in total. The highest BCUT2D eigenvalue weighted by Crippen LogP contribution is 2.51. The third kappa shape index (κ3) is 17.2. The van der Waals surface area contributed by atoms with Crippen LogP contribution in [0.4, 0.5) is 0 Å². The summed E-state index contributed by atoms with van der Waals surface area (Å²) in [5.41, 5.74) is 0.939. The van der Waals surface area contributed by atoms with Crippen molar-refractivity contribution in [1.82, 2.24) is 0 Å². The molecule has 1 heterocycles. The summed E-state index contributed by atoms with van der Waals surface area (Å²) in [5, 5.41) is 0. The van der Waals surface area contributed by atoms with E-state index in [0.29, 0.717) is 12.0 Å². The summed E-state index contributed by atoms with van der Waals surface area (Å²) < 4.78 is 5.37. The van der Waals surface area contributed by atoms with Gasteiger partial charge in [-0.1, -0.05) is 96.9 Å². The fraction of sp³-hybridized carbons (Fsp3) is 1.00. The number of ether oxygens (including phenoxy) is 1. The molecule has 0 aromatic carbocycles. The van der Waals surface area contributed by atoms with Crippen LogP contribution in [0, 0.1) is 70.5 Å². The van der Waals surface area contributed by atoms with E-state index in [2.05, 4.69) is 111 Å². The molecule has 3 unspecified atom stereocenters. The highest BCUT2D eigenvalue weighted by atomic mass is 16.6. The molecule has 0 aromatic heterocycles. The third-order valence-corrected chi connectivity index (χ3v) is 10.8. The minimum absolute atomic E-state index is 0.189. The van der Waals surface area contributed by atoms with E-state index in [1.807, 2.05) is 0 Å². The Bertz CT molecular complexity index is 614. The number of hydrogen-bond acceptors (Lipinski definition) is 1. The molecule has 0 amide bonds. The van der Waals surface area contributed by atoms with E-state index in [4.69, 9.17) is 4.74 Å². The van der Waals surface area contributed by atoms with Crippen molar-refractivity contribution in [3.8, 4) is 0 Å². The minimum Gasteiger partial charge on any atom is -0.366 e. The van der Waals surface area contributed by atoms with Gasteiger partial charge >= 0.3 is 0 Å². The van der Waals surface area contributed by atoms with Gasteiger partial charge in [0.1, 0.15) is 0 Å². The van der Waals surface area contributed by atoms with Crippen LogP contribution >= 0.6 is 0 Å². The van der Waals surface area contributed by atoms with Gasteiger partial charge in [0.15, 0.2) is 0 Å². The second kappa shape index (κ2) is 16.7. The maximum absolute atomic E-state index is 5.37. The van der Waals surface area contributed by atoms with Crippen molar-refractivity contribution in [3.63, 3.8) is 0 Å². The van der Waals surface area contributed by atoms with E-state index in [1.54, 1.807) is 0 Å². The normalized spacial score (nSPS) is 28.2. The average Bonchev–Trinajstić information content (AvgIpc) is 3.60. The lowest BCUT2D eigenvalue weighted by molar-refractivity contribution is 0.304. The van der Waals surface area contributed by atoms with Crippen molar-refractivity contribution < 1.29 is 4.74 Å². The molecule has 0 bridgehead atoms. The van der Waals surface area contributed by atoms with Gasteiger partial charge in [-0.05, 0) is 142 Å². The number of rotatable bonds is 6. The fourth-order valence-corrected chi connectivity index (χ4v) is 5.58. The van der Waals surface area contributed by atoms with Gasteiger partial charge < -0.3 is 4.74 Å². The molecule has 0 radical (unpaired) electrons. The van der Waals surface area contributed by atoms with Crippen molar-refractivity contribution in [2.45, 2.75) is 180 Å². The topological polar surface area (TPSA) is 12.5 Å². The van der Waals surface area contributed by atoms with Gasteiger partial charge in [0.05, 0.1) is 11.7 Å². The van der Waals surface area contributed by atoms with Crippen LogP contribution in [0.2, 0.25) is 0 Å². The van der Waals surface area contributed by atoms with Crippen LogP contribution in [0.15, 0.2) is 0 Å². The van der Waals surface area contributed by atoms with Gasteiger partial charge in [-0.25, -0.2) is 0 Å². The Hall–Kier alpha value is -0.0400. The van der Waals surface area contributed by atoms with Crippen molar-refractivity contribution in [1.29, 1.82) is 0 Å². The Kier molecular flexibility index (Phi) is 15.9. The molecule has 6 fully saturated rings. The summed E-state index contributed by atoms with van der Waals surface area (Å²) in [4.78, 5) is 0. The average molecular weight is 563 g/mol. The zero-order valence-corrected chi connectivity index (χ0v) is 30.7. The van der Waals surface area contributed by atoms with E-state index in [-0.39, 0.29) is 5.60 Å². The molecular weight excluding hydrogens is 484 g/mol. The van der Waals surface area contributed by atoms with Gasteiger partial charge in [0, 0.05) is 0 Å². The van der Waals surface area contributed by atoms with Gasteiger partial charge in [-0.3, -0.25) is 0 Å². The number of epoxide rings is 1. The first-order valence-corrected chi connectivity index (χ1v) is 18.0. The lowest BCUT2D eigenvalue weighted by Crippen LogP contribution is -2.08. The molecule has 0 aromatic rings. The summed E-state index contributed by atoms with van der Waals surface area (Å²) >= 11 is 0. The first kappa shape index (κ1) is 38.0. The molecule has 1 heteroatoms. The standard InChI is InChI=1S/C7H14O.2C7H14.3C6H12/c1-5(2)6-7(3,4)8-6;1-6(2)7(3)4-5-7;1-5(2)7-4-6(7)3;3*1-5(2)6-3-4-6/h5-6H,1-4H3;6H,4-5H2,1-3H3;5-7H,4H2,1-3H3;3*5-6H,3-4H2,1-2H3. The zero-order valence-electron chi connectivity index (χ0n) is 30.7. The van der Waals surface area contributed by atoms with Crippen LogP contribution < -0.4 is 0 Å². The van der Waals surface area contributed by atoms with Crippen LogP contribution in [-0.4, -0.2) is 11.7 Å². The Morgan fingerprint density at radius 2 is 0.825 bits per heavy atom. The molecule has 40 heavy (non-hydrogen) atoms. The van der Waals surface area contributed by atoms with E-state index >= 15 is 0 Å². The highest BCUT2D eigenvalue weighted by Gasteiger charge is 2.49. The second-order valence-electron chi connectivity index (χ2n) is 17.6. The molecular formula is C39H78O. The Balaban J connectivity index is 0.000000241. The molecule has 0 spiro atoms. The Labute approximate surface area is 255 Å². The Morgan fingerprint density at radius 3 is 0.825 bits per heavy atom. The molecule has 6 aliphatic rings. The Morgan fingerprint density at radius 1 is 0.525 bits per heavy atom. The predicted octanol–water partition coefficient (Wildman–Crippen LogP) is 12.7. The summed E-state index contributed by atoms with van der Waals surface area (Å²) in [7, 11) is 0. The predicted molar refractivity (Wildman–Crippen MR) is 181 cm³/mol. The highest BCUT2D eigenvalue weighted by molar-refractivity contribution is 4.96. The monoisotopic (exact) mass is 563 g/mol. The van der Waals surface area contributed by atoms with Crippen LogP contribution in [-0.2, 0) is 4.74 Å². The van der Waals surface area contributed by atoms with Crippen molar-refractivity contribution in [2.24, 2.45) is 70.5 Å². The first-order valence-electron chi connectivity index (χ1n) is 18.0. The maximum atomic E-state index is 5.37. The van der Waals surface area contributed by atoms with Crippen LogP contribution in [0.25, 0.3) is 0 Å². The molecule has 1 aliphatic heterocycles. The molecule has 0 N–H and O–H groups in total. The minimum atomic E-state index is 0.189. The summed E-state index contributed by atoms with van der Waals surface area (Å²) in [6, 6.07) is 0. The summed E-state index contributed by atoms with van der Waals surface area (Å²) in [6.45, 7) is 36.4. The van der Waals surface area contributed by atoms with Crippen LogP contribution in [0.3, 0.4) is 0 Å². The van der Waals surface area contributed by atoms with Crippen LogP contribution in [0.5, 0.6) is 0 Å². The smallest absolute Gasteiger partial charge is 0.0895 e. The molecule has 1 saturated heterocycles. The largest absolute Gasteiger partial charge is 0.366 e. The molecule has 5 saturated carbocycles. The van der Waals surface area contributed by atoms with Crippen molar-refractivity contribution in [2.75, 3.05) is 0 Å². The number of hydrogen-bond donors (Lipinski definition) is 0. The van der Waals surface area contributed by atoms with Gasteiger partial charge in [0.25, 0.3) is 0 Å². The van der Waals surface area contributed by atoms with Gasteiger partial charge in [-0.15, -0.1) is 0 Å². The maximum Gasteiger partial charge on any atom is 0.0895 e. The van der Waals surface area contributed by atoms with Crippen LogP contribution in [0.1, 0.15) is 169 Å². The third-order valence-electron chi connectivity index (χ3n) is 10.8. The lowest BCUT2D eigenvalue weighted by atomic mass is 9.95. The quantitative estimate of drug-likeness (QED) is 0.293. The van der Waals surface area contributed by atoms with Gasteiger partial charge in [-0.2, -0.15) is 0 Å². The zero-order chi connectivity index (χ0) is 31.0. The van der Waals surface area contributed by atoms with Gasteiger partial charge in [0.2, 0.25) is 0 Å². The first-order chi connectivity index (χ1) is 18.3. The van der Waals surface area contributed by atoms with E-state index in [0.717, 1.165) is 64.6 Å². The lowest BCUT2D eigenvalue weighted by Gasteiger charge is -2.10. The summed E-state index contributed by atoms with van der Waals surface area (Å²) in [6.07, 6.45) is 13.9. The van der Waals surface area contributed by atoms with E-state index in [1.165, 1.54) is 57.8 Å². The summed E-state index contributed by atoms with van der Waals surface area (Å²) in [5.74, 6) is 10.8. The molecule has 3 atom stereocenters. The molecule has 5 aliphatic carbocycles. The fourth-order valence-electron chi connectivity index (χ4n) is 5.58. The van der Waals surface area contributed by atoms with E-state index < -0.39 is 0 Å². The SMILES string of the molecule is CC(C)C1(C)CC1.CC(C)C1CC1.CC(C)C1CC1.CC(C)C1CC1.CC(C)C1CC1C.CC(C)C1OC1(C)C. The second-order valence-corrected chi connectivity index (χ2v) is 17.6. The van der Waals surface area contributed by atoms with Crippen molar-refractivity contribution in [3.05, 3.63) is 0 Å².